The van der Waals surface area contributed by atoms with Gasteiger partial charge in [-0.3, -0.25) is 10.1 Å². The molecule has 0 aliphatic carbocycles. The Bertz CT molecular complexity index is 494. The van der Waals surface area contributed by atoms with Crippen molar-refractivity contribution in [3.8, 4) is 5.75 Å². The largest absolute Gasteiger partial charge is 0.484 e. The predicted octanol–water partition coefficient (Wildman–Crippen LogP) is 3.16. The molecule has 2 rings (SSSR count). The maximum atomic E-state index is 11.2. The minimum Gasteiger partial charge on any atom is -0.484 e. The van der Waals surface area contributed by atoms with Gasteiger partial charge in [0.25, 0.3) is 0 Å². The van der Waals surface area contributed by atoms with Gasteiger partial charge in [0.2, 0.25) is 0 Å². The number of nitrogens with zero attached hydrogens (tertiary/aromatic N) is 1. The van der Waals surface area contributed by atoms with Crippen molar-refractivity contribution in [3.05, 3.63) is 33.4 Å². The fourth-order valence-electron chi connectivity index (χ4n) is 2.75. The molecular weight excluding hydrogens is 256 g/mol. The summed E-state index contributed by atoms with van der Waals surface area (Å²) in [5, 5.41) is 14.5. The average molecular weight is 278 g/mol. The quantitative estimate of drug-likeness (QED) is 0.678. The first-order valence-corrected chi connectivity index (χ1v) is 7.15. The van der Waals surface area contributed by atoms with Gasteiger partial charge in [-0.25, -0.2) is 0 Å². The Morgan fingerprint density at radius 3 is 2.55 bits per heavy atom. The van der Waals surface area contributed by atoms with Crippen molar-refractivity contribution in [1.82, 2.24) is 5.32 Å². The molecule has 0 radical (unpaired) electrons. The predicted molar refractivity (Wildman–Crippen MR) is 78.4 cm³/mol. The lowest BCUT2D eigenvalue weighted by Crippen LogP contribution is -2.27. The van der Waals surface area contributed by atoms with Crippen LogP contribution in [-0.2, 0) is 0 Å². The van der Waals surface area contributed by atoms with Crippen LogP contribution in [0.15, 0.2) is 12.1 Å². The summed E-state index contributed by atoms with van der Waals surface area (Å²) in [6.45, 7) is 7.72. The van der Waals surface area contributed by atoms with Gasteiger partial charge in [0.05, 0.1) is 11.0 Å². The molecule has 0 unspecified atom stereocenters. The van der Waals surface area contributed by atoms with Crippen LogP contribution in [0, 0.1) is 17.0 Å². The standard InChI is InChI=1S/C15H22N2O3/c1-10(2)20-15-9-13(12-4-6-16-7-5-12)11(3)8-14(15)17(18)19/h8-10,12,16H,4-7H2,1-3H3. The van der Waals surface area contributed by atoms with Gasteiger partial charge < -0.3 is 10.1 Å². The highest BCUT2D eigenvalue weighted by Crippen LogP contribution is 2.36. The molecular formula is C15H22N2O3. The summed E-state index contributed by atoms with van der Waals surface area (Å²) in [5.41, 5.74) is 2.24. The molecule has 0 atom stereocenters. The molecule has 1 aromatic rings. The topological polar surface area (TPSA) is 64.4 Å². The molecule has 1 saturated heterocycles. The van der Waals surface area contributed by atoms with Crippen molar-refractivity contribution in [3.63, 3.8) is 0 Å². The lowest BCUT2D eigenvalue weighted by molar-refractivity contribution is -0.386. The molecule has 1 aromatic carbocycles. The highest BCUT2D eigenvalue weighted by Gasteiger charge is 2.23. The number of nitro benzene ring substituents is 1. The molecule has 0 saturated carbocycles. The van der Waals surface area contributed by atoms with E-state index in [2.05, 4.69) is 5.32 Å². The van der Waals surface area contributed by atoms with Crippen LogP contribution in [0.5, 0.6) is 5.75 Å². The highest BCUT2D eigenvalue weighted by molar-refractivity contribution is 5.53. The number of rotatable bonds is 4. The van der Waals surface area contributed by atoms with E-state index in [1.807, 2.05) is 26.8 Å². The average Bonchev–Trinajstić information content (AvgIpc) is 2.40. The summed E-state index contributed by atoms with van der Waals surface area (Å²) in [6.07, 6.45) is 2.07. The second-order valence-electron chi connectivity index (χ2n) is 5.62. The molecule has 20 heavy (non-hydrogen) atoms. The number of hydrogen-bond acceptors (Lipinski definition) is 4. The summed E-state index contributed by atoms with van der Waals surface area (Å²) in [4.78, 5) is 10.8. The van der Waals surface area contributed by atoms with Crippen molar-refractivity contribution < 1.29 is 9.66 Å². The summed E-state index contributed by atoms with van der Waals surface area (Å²) in [7, 11) is 0. The van der Waals surface area contributed by atoms with Gasteiger partial charge in [-0.05, 0) is 69.8 Å². The number of ether oxygens (including phenoxy) is 1. The Labute approximate surface area is 119 Å². The minimum absolute atomic E-state index is 0.0638. The normalized spacial score (nSPS) is 16.4. The van der Waals surface area contributed by atoms with Crippen molar-refractivity contribution >= 4 is 5.69 Å². The van der Waals surface area contributed by atoms with Crippen molar-refractivity contribution in [2.75, 3.05) is 13.1 Å². The highest BCUT2D eigenvalue weighted by atomic mass is 16.6. The lowest BCUT2D eigenvalue weighted by atomic mass is 9.87. The van der Waals surface area contributed by atoms with Crippen LogP contribution in [0.25, 0.3) is 0 Å². The molecule has 1 heterocycles. The molecule has 0 bridgehead atoms. The Kier molecular flexibility index (Phi) is 4.60. The van der Waals surface area contributed by atoms with Gasteiger partial charge in [0.15, 0.2) is 5.75 Å². The van der Waals surface area contributed by atoms with E-state index in [0.717, 1.165) is 31.5 Å². The van der Waals surface area contributed by atoms with E-state index in [1.165, 1.54) is 5.56 Å². The smallest absolute Gasteiger partial charge is 0.311 e. The third kappa shape index (κ3) is 3.28. The van der Waals surface area contributed by atoms with Gasteiger partial charge in [0.1, 0.15) is 0 Å². The minimum atomic E-state index is -0.364. The molecule has 0 aromatic heterocycles. The SMILES string of the molecule is Cc1cc([N+](=O)[O-])c(OC(C)C)cc1C1CCNCC1. The van der Waals surface area contributed by atoms with Crippen LogP contribution in [-0.4, -0.2) is 24.1 Å². The summed E-state index contributed by atoms with van der Waals surface area (Å²) in [5.74, 6) is 0.857. The zero-order valence-corrected chi connectivity index (χ0v) is 12.3. The Balaban J connectivity index is 2.39. The molecule has 1 aliphatic rings. The van der Waals surface area contributed by atoms with Gasteiger partial charge in [-0.15, -0.1) is 0 Å². The van der Waals surface area contributed by atoms with Crippen LogP contribution < -0.4 is 10.1 Å². The van der Waals surface area contributed by atoms with Crippen molar-refractivity contribution in [2.24, 2.45) is 0 Å². The zero-order chi connectivity index (χ0) is 14.7. The van der Waals surface area contributed by atoms with Crippen LogP contribution in [0.2, 0.25) is 0 Å². The summed E-state index contributed by atoms with van der Waals surface area (Å²) in [6, 6.07) is 3.53. The van der Waals surface area contributed by atoms with E-state index in [-0.39, 0.29) is 16.7 Å². The summed E-state index contributed by atoms with van der Waals surface area (Å²) >= 11 is 0. The van der Waals surface area contributed by atoms with E-state index >= 15 is 0 Å². The third-order valence-electron chi connectivity index (χ3n) is 3.69. The van der Waals surface area contributed by atoms with Gasteiger partial charge >= 0.3 is 5.69 Å². The second-order valence-corrected chi connectivity index (χ2v) is 5.62. The molecule has 1 N–H and O–H groups in total. The van der Waals surface area contributed by atoms with E-state index in [1.54, 1.807) is 6.07 Å². The van der Waals surface area contributed by atoms with E-state index < -0.39 is 0 Å². The maximum Gasteiger partial charge on any atom is 0.311 e. The van der Waals surface area contributed by atoms with Crippen LogP contribution in [0.1, 0.15) is 43.7 Å². The fraction of sp³-hybridized carbons (Fsp3) is 0.600. The molecule has 1 aliphatic heterocycles. The van der Waals surface area contributed by atoms with E-state index in [0.29, 0.717) is 11.7 Å². The van der Waals surface area contributed by atoms with Gasteiger partial charge in [-0.1, -0.05) is 0 Å². The van der Waals surface area contributed by atoms with Crippen LogP contribution in [0.4, 0.5) is 5.69 Å². The van der Waals surface area contributed by atoms with Gasteiger partial charge in [0, 0.05) is 6.07 Å². The fourth-order valence-corrected chi connectivity index (χ4v) is 2.75. The Hall–Kier alpha value is -1.62. The zero-order valence-electron chi connectivity index (χ0n) is 12.3. The molecule has 1 fully saturated rings. The first kappa shape index (κ1) is 14.8. The molecule has 110 valence electrons. The van der Waals surface area contributed by atoms with Crippen LogP contribution in [0.3, 0.4) is 0 Å². The molecule has 0 spiro atoms. The van der Waals surface area contributed by atoms with E-state index in [9.17, 15) is 10.1 Å². The summed E-state index contributed by atoms with van der Waals surface area (Å²) < 4.78 is 5.64. The number of nitrogens with one attached hydrogen (secondary N) is 1. The molecule has 5 nitrogen and oxygen atoms in total. The van der Waals surface area contributed by atoms with Crippen molar-refractivity contribution in [2.45, 2.75) is 45.6 Å². The maximum absolute atomic E-state index is 11.2. The van der Waals surface area contributed by atoms with Crippen molar-refractivity contribution in [1.29, 1.82) is 0 Å². The number of aryl methyl sites for hydroxylation is 1. The first-order chi connectivity index (χ1) is 9.49. The lowest BCUT2D eigenvalue weighted by Gasteiger charge is -2.25. The number of hydrogen-bond donors (Lipinski definition) is 1. The molecule has 5 heteroatoms. The number of nitro groups is 1. The third-order valence-corrected chi connectivity index (χ3v) is 3.69. The van der Waals surface area contributed by atoms with Gasteiger partial charge in [-0.2, -0.15) is 0 Å². The molecule has 0 amide bonds. The first-order valence-electron chi connectivity index (χ1n) is 7.15. The second kappa shape index (κ2) is 6.22. The number of benzene rings is 1. The monoisotopic (exact) mass is 278 g/mol. The van der Waals surface area contributed by atoms with Crippen LogP contribution >= 0.6 is 0 Å². The number of piperidine rings is 1. The van der Waals surface area contributed by atoms with E-state index in [4.69, 9.17) is 4.74 Å². The Morgan fingerprint density at radius 2 is 2.00 bits per heavy atom. The Morgan fingerprint density at radius 1 is 1.35 bits per heavy atom.